The van der Waals surface area contributed by atoms with Crippen molar-refractivity contribution in [1.82, 2.24) is 9.80 Å². The average molecular weight is 296 g/mol. The van der Waals surface area contributed by atoms with Crippen LogP contribution in [0.2, 0.25) is 5.02 Å². The Hall–Kier alpha value is -0.770. The maximum Gasteiger partial charge on any atom is 0.0426 e. The molecule has 0 aliphatic carbocycles. The number of hydrogen-bond acceptors (Lipinski definition) is 3. The smallest absolute Gasteiger partial charge is 0.0426 e. The lowest BCUT2D eigenvalue weighted by atomic mass is 10.2. The Balaban J connectivity index is 1.68. The largest absolute Gasteiger partial charge is 0.384 e. The zero-order valence-electron chi connectivity index (χ0n) is 12.6. The summed E-state index contributed by atoms with van der Waals surface area (Å²) < 4.78 is 0. The van der Waals surface area contributed by atoms with Gasteiger partial charge in [-0.2, -0.15) is 0 Å². The van der Waals surface area contributed by atoms with E-state index < -0.39 is 0 Å². The molecule has 1 aromatic carbocycles. The maximum absolute atomic E-state index is 5.98. The summed E-state index contributed by atoms with van der Waals surface area (Å²) in [4.78, 5) is 5.02. The van der Waals surface area contributed by atoms with E-state index in [1.54, 1.807) is 0 Å². The van der Waals surface area contributed by atoms with E-state index >= 15 is 0 Å². The van der Waals surface area contributed by atoms with Gasteiger partial charge in [0, 0.05) is 36.4 Å². The lowest BCUT2D eigenvalue weighted by Gasteiger charge is -2.27. The van der Waals surface area contributed by atoms with Crippen LogP contribution in [-0.4, -0.2) is 55.6 Å². The molecule has 0 radical (unpaired) electrons. The van der Waals surface area contributed by atoms with Crippen molar-refractivity contribution in [2.24, 2.45) is 0 Å². The molecule has 2 rings (SSSR count). The van der Waals surface area contributed by atoms with E-state index in [4.69, 9.17) is 11.6 Å². The summed E-state index contributed by atoms with van der Waals surface area (Å²) in [6.45, 7) is 7.90. The highest BCUT2D eigenvalue weighted by molar-refractivity contribution is 6.30. The Morgan fingerprint density at radius 1 is 1.45 bits per heavy atom. The van der Waals surface area contributed by atoms with E-state index in [0.29, 0.717) is 0 Å². The Labute approximate surface area is 127 Å². The van der Waals surface area contributed by atoms with Gasteiger partial charge in [-0.3, -0.25) is 4.90 Å². The minimum atomic E-state index is 0.746. The molecule has 1 saturated heterocycles. The SMILES string of the molecule is CCN1CCCC1CN(C)CCNc1cccc(Cl)c1. The summed E-state index contributed by atoms with van der Waals surface area (Å²) in [6.07, 6.45) is 2.70. The number of rotatable bonds is 7. The minimum Gasteiger partial charge on any atom is -0.384 e. The molecule has 0 saturated carbocycles. The third-order valence-electron chi connectivity index (χ3n) is 4.07. The molecule has 1 atom stereocenters. The fourth-order valence-electron chi connectivity index (χ4n) is 2.96. The zero-order valence-corrected chi connectivity index (χ0v) is 13.4. The van der Waals surface area contributed by atoms with Crippen LogP contribution in [0.3, 0.4) is 0 Å². The number of halogens is 1. The highest BCUT2D eigenvalue weighted by Crippen LogP contribution is 2.17. The van der Waals surface area contributed by atoms with Crippen molar-refractivity contribution in [1.29, 1.82) is 0 Å². The van der Waals surface area contributed by atoms with Crippen molar-refractivity contribution in [3.63, 3.8) is 0 Å². The fraction of sp³-hybridized carbons (Fsp3) is 0.625. The molecule has 3 nitrogen and oxygen atoms in total. The molecule has 112 valence electrons. The van der Waals surface area contributed by atoms with Gasteiger partial charge in [-0.1, -0.05) is 24.6 Å². The second-order valence-corrected chi connectivity index (χ2v) is 6.06. The van der Waals surface area contributed by atoms with Gasteiger partial charge in [0.15, 0.2) is 0 Å². The maximum atomic E-state index is 5.98. The van der Waals surface area contributed by atoms with Crippen LogP contribution in [0.15, 0.2) is 24.3 Å². The molecule has 0 bridgehead atoms. The number of nitrogens with one attached hydrogen (secondary N) is 1. The van der Waals surface area contributed by atoms with Crippen molar-refractivity contribution < 1.29 is 0 Å². The number of benzene rings is 1. The highest BCUT2D eigenvalue weighted by atomic mass is 35.5. The Morgan fingerprint density at radius 3 is 3.05 bits per heavy atom. The molecule has 1 N–H and O–H groups in total. The van der Waals surface area contributed by atoms with Crippen LogP contribution in [-0.2, 0) is 0 Å². The number of anilines is 1. The summed E-state index contributed by atoms with van der Waals surface area (Å²) in [6, 6.07) is 8.65. The van der Waals surface area contributed by atoms with Gasteiger partial charge < -0.3 is 10.2 Å². The van der Waals surface area contributed by atoms with E-state index in [-0.39, 0.29) is 0 Å². The van der Waals surface area contributed by atoms with Gasteiger partial charge in [0.25, 0.3) is 0 Å². The molecule has 1 aliphatic heterocycles. The molecule has 20 heavy (non-hydrogen) atoms. The topological polar surface area (TPSA) is 18.5 Å². The van der Waals surface area contributed by atoms with Crippen LogP contribution < -0.4 is 5.32 Å². The Morgan fingerprint density at radius 2 is 2.30 bits per heavy atom. The lowest BCUT2D eigenvalue weighted by Crippen LogP contribution is -2.40. The first-order valence-electron chi connectivity index (χ1n) is 7.61. The quantitative estimate of drug-likeness (QED) is 0.833. The molecule has 1 heterocycles. The van der Waals surface area contributed by atoms with Crippen molar-refractivity contribution in [3.05, 3.63) is 29.3 Å². The Bertz CT molecular complexity index is 410. The first kappa shape index (κ1) is 15.6. The predicted molar refractivity (Wildman–Crippen MR) is 87.7 cm³/mol. The number of likely N-dealkylation sites (N-methyl/N-ethyl adjacent to an activating group) is 2. The molecular weight excluding hydrogens is 270 g/mol. The Kier molecular flexibility index (Phi) is 6.14. The van der Waals surface area contributed by atoms with Gasteiger partial charge in [0.2, 0.25) is 0 Å². The number of likely N-dealkylation sites (tertiary alicyclic amines) is 1. The standard InChI is InChI=1S/C16H26ClN3/c1-3-20-10-5-8-16(20)13-19(2)11-9-18-15-7-4-6-14(17)12-15/h4,6-7,12,16,18H,3,5,8-11,13H2,1-2H3. The third kappa shape index (κ3) is 4.65. The van der Waals surface area contributed by atoms with Crippen LogP contribution >= 0.6 is 11.6 Å². The first-order chi connectivity index (χ1) is 9.69. The molecule has 1 unspecified atom stereocenters. The molecule has 1 aliphatic rings. The van der Waals surface area contributed by atoms with Crippen LogP contribution in [0.5, 0.6) is 0 Å². The normalized spacial score (nSPS) is 19.7. The summed E-state index contributed by atoms with van der Waals surface area (Å²) in [5, 5.41) is 4.21. The summed E-state index contributed by atoms with van der Waals surface area (Å²) in [5.41, 5.74) is 1.10. The van der Waals surface area contributed by atoms with E-state index in [9.17, 15) is 0 Å². The second-order valence-electron chi connectivity index (χ2n) is 5.62. The number of nitrogens with zero attached hydrogens (tertiary/aromatic N) is 2. The number of hydrogen-bond donors (Lipinski definition) is 1. The highest BCUT2D eigenvalue weighted by Gasteiger charge is 2.23. The predicted octanol–water partition coefficient (Wildman–Crippen LogP) is 3.17. The van der Waals surface area contributed by atoms with Crippen LogP contribution in [0, 0.1) is 0 Å². The van der Waals surface area contributed by atoms with Crippen molar-refractivity contribution in [3.8, 4) is 0 Å². The van der Waals surface area contributed by atoms with Crippen LogP contribution in [0.25, 0.3) is 0 Å². The second kappa shape index (κ2) is 7.87. The van der Waals surface area contributed by atoms with Gasteiger partial charge in [0.05, 0.1) is 0 Å². The molecule has 4 heteroatoms. The molecule has 0 aromatic heterocycles. The summed E-state index contributed by atoms with van der Waals surface area (Å²) in [5.74, 6) is 0. The summed E-state index contributed by atoms with van der Waals surface area (Å²) in [7, 11) is 2.21. The lowest BCUT2D eigenvalue weighted by molar-refractivity contribution is 0.202. The third-order valence-corrected chi connectivity index (χ3v) is 4.31. The van der Waals surface area contributed by atoms with Gasteiger partial charge >= 0.3 is 0 Å². The molecule has 0 amide bonds. The first-order valence-corrected chi connectivity index (χ1v) is 7.99. The zero-order chi connectivity index (χ0) is 14.4. The van der Waals surface area contributed by atoms with Gasteiger partial charge in [-0.05, 0) is 51.2 Å². The monoisotopic (exact) mass is 295 g/mol. The van der Waals surface area contributed by atoms with E-state index in [2.05, 4.69) is 35.2 Å². The molecule has 1 aromatic rings. The van der Waals surface area contributed by atoms with Gasteiger partial charge in [0.1, 0.15) is 0 Å². The van der Waals surface area contributed by atoms with Crippen molar-refractivity contribution >= 4 is 17.3 Å². The van der Waals surface area contributed by atoms with Crippen LogP contribution in [0.4, 0.5) is 5.69 Å². The van der Waals surface area contributed by atoms with Crippen molar-refractivity contribution in [2.45, 2.75) is 25.8 Å². The fourth-order valence-corrected chi connectivity index (χ4v) is 3.15. The van der Waals surface area contributed by atoms with E-state index in [1.807, 2.05) is 18.2 Å². The van der Waals surface area contributed by atoms with Crippen LogP contribution in [0.1, 0.15) is 19.8 Å². The van der Waals surface area contributed by atoms with Gasteiger partial charge in [-0.15, -0.1) is 0 Å². The molecular formula is C16H26ClN3. The summed E-state index contributed by atoms with van der Waals surface area (Å²) >= 11 is 5.98. The van der Waals surface area contributed by atoms with E-state index in [1.165, 1.54) is 32.5 Å². The van der Waals surface area contributed by atoms with E-state index in [0.717, 1.165) is 29.8 Å². The van der Waals surface area contributed by atoms with Crippen molar-refractivity contribution in [2.75, 3.05) is 45.1 Å². The minimum absolute atomic E-state index is 0.746. The molecule has 0 spiro atoms. The molecule has 1 fully saturated rings. The average Bonchev–Trinajstić information content (AvgIpc) is 2.86. The van der Waals surface area contributed by atoms with Gasteiger partial charge in [-0.25, -0.2) is 0 Å².